The van der Waals surface area contributed by atoms with Crippen LogP contribution in [0.3, 0.4) is 0 Å². The Kier molecular flexibility index (Phi) is 3.79. The molecule has 0 aliphatic carbocycles. The molecule has 0 aromatic heterocycles. The molecule has 1 fully saturated rings. The van der Waals surface area contributed by atoms with Crippen molar-refractivity contribution in [2.75, 3.05) is 0 Å². The Balaban J connectivity index is 2.23. The maximum absolute atomic E-state index is 9.74. The van der Waals surface area contributed by atoms with Crippen molar-refractivity contribution < 1.29 is 10.2 Å². The number of nitrogens with one attached hydrogen (secondary N) is 3. The predicted octanol–water partition coefficient (Wildman–Crippen LogP) is -1.22. The Hall–Kier alpha value is -0.235. The van der Waals surface area contributed by atoms with Crippen LogP contribution in [0.25, 0.3) is 0 Å². The van der Waals surface area contributed by atoms with Crippen LogP contribution in [-0.4, -0.2) is 52.8 Å². The van der Waals surface area contributed by atoms with E-state index in [1.165, 1.54) is 6.07 Å². The zero-order valence-electron chi connectivity index (χ0n) is 8.51. The van der Waals surface area contributed by atoms with E-state index >= 15 is 0 Å². The molecule has 0 saturated carbocycles. The predicted molar refractivity (Wildman–Crippen MR) is 61.0 cm³/mol. The third kappa shape index (κ3) is 2.71. The summed E-state index contributed by atoms with van der Waals surface area (Å²) < 4.78 is 0. The average molecular weight is 247 g/mol. The van der Waals surface area contributed by atoms with Crippen LogP contribution in [-0.2, 0) is 0 Å². The summed E-state index contributed by atoms with van der Waals surface area (Å²) in [7, 11) is 0. The first-order chi connectivity index (χ1) is 7.56. The first-order valence-corrected chi connectivity index (χ1v) is 6.21. The summed E-state index contributed by atoms with van der Waals surface area (Å²) in [6.45, 7) is 0. The van der Waals surface area contributed by atoms with E-state index in [0.29, 0.717) is 5.56 Å². The van der Waals surface area contributed by atoms with Gasteiger partial charge in [-0.3, -0.25) is 10.6 Å². The molecule has 1 saturated heterocycles. The molecule has 1 heterocycles. The van der Waals surface area contributed by atoms with E-state index in [9.17, 15) is 10.2 Å². The molecule has 2 unspecified atom stereocenters. The normalized spacial score (nSPS) is 30.1. The lowest BCUT2D eigenvalue weighted by Gasteiger charge is -2.38. The maximum Gasteiger partial charge on any atom is 0.175 e. The molecule has 0 spiro atoms. The van der Waals surface area contributed by atoms with Gasteiger partial charge in [-0.05, 0) is 22.2 Å². The van der Waals surface area contributed by atoms with Gasteiger partial charge in [-0.15, -0.1) is 0 Å². The first kappa shape index (κ1) is 12.2. The summed E-state index contributed by atoms with van der Waals surface area (Å²) in [6, 6.07) is 4.57. The molecular weight excluding hydrogens is 236 g/mol. The minimum Gasteiger partial charge on any atom is -0.508 e. The minimum atomic E-state index is -0.160. The van der Waals surface area contributed by atoms with Gasteiger partial charge in [-0.2, -0.15) is 0 Å². The molecular formula is C9H11Al2N3O2. The zero-order valence-corrected chi connectivity index (χ0v) is 10.8. The van der Waals surface area contributed by atoms with Gasteiger partial charge in [0.1, 0.15) is 11.5 Å². The Morgan fingerprint density at radius 3 is 2.19 bits per heavy atom. The number of rotatable bonds is 1. The van der Waals surface area contributed by atoms with Crippen LogP contribution in [0.1, 0.15) is 11.7 Å². The van der Waals surface area contributed by atoms with E-state index in [0.717, 1.165) is 0 Å². The molecule has 4 radical (unpaired) electrons. The fourth-order valence-electron chi connectivity index (χ4n) is 1.65. The van der Waals surface area contributed by atoms with Gasteiger partial charge in [0.25, 0.3) is 0 Å². The van der Waals surface area contributed by atoms with Crippen molar-refractivity contribution in [3.8, 4) is 11.5 Å². The van der Waals surface area contributed by atoms with Crippen LogP contribution in [0.2, 0.25) is 0 Å². The maximum atomic E-state index is 9.74. The van der Waals surface area contributed by atoms with E-state index in [1.807, 2.05) is 0 Å². The van der Waals surface area contributed by atoms with Gasteiger partial charge in [-0.25, -0.2) is 0 Å². The third-order valence-corrected chi connectivity index (χ3v) is 3.15. The molecule has 16 heavy (non-hydrogen) atoms. The lowest BCUT2D eigenvalue weighted by Crippen LogP contribution is -2.63. The van der Waals surface area contributed by atoms with Crippen molar-refractivity contribution in [2.45, 2.75) is 16.2 Å². The van der Waals surface area contributed by atoms with Crippen molar-refractivity contribution in [1.29, 1.82) is 0 Å². The largest absolute Gasteiger partial charge is 0.508 e. The van der Waals surface area contributed by atoms with Crippen LogP contribution in [0.15, 0.2) is 18.2 Å². The van der Waals surface area contributed by atoms with Crippen molar-refractivity contribution in [3.63, 3.8) is 0 Å². The number of aromatic hydroxyl groups is 2. The number of hydrogen-bond acceptors (Lipinski definition) is 5. The summed E-state index contributed by atoms with van der Waals surface area (Å²) in [5, 5.41) is 28.7. The van der Waals surface area contributed by atoms with Crippen LogP contribution in [0.5, 0.6) is 11.5 Å². The first-order valence-electron chi connectivity index (χ1n) is 4.87. The van der Waals surface area contributed by atoms with Gasteiger partial charge in [0.05, 0.1) is 6.17 Å². The molecule has 1 aliphatic rings. The monoisotopic (exact) mass is 247 g/mol. The second-order valence-corrected chi connectivity index (χ2v) is 4.96. The SMILES string of the molecule is Oc1ccc(C2N[CH]([Al])N[CH]([Al])N2)c(O)c1. The smallest absolute Gasteiger partial charge is 0.175 e. The van der Waals surface area contributed by atoms with Crippen LogP contribution in [0.4, 0.5) is 0 Å². The number of benzene rings is 1. The summed E-state index contributed by atoms with van der Waals surface area (Å²) in [6.07, 6.45) is -0.160. The van der Waals surface area contributed by atoms with Gasteiger partial charge in [0.2, 0.25) is 0 Å². The summed E-state index contributed by atoms with van der Waals surface area (Å²) >= 11 is 5.25. The van der Waals surface area contributed by atoms with Crippen molar-refractivity contribution in [1.82, 2.24) is 16.0 Å². The zero-order chi connectivity index (χ0) is 11.7. The quantitative estimate of drug-likeness (QED) is 0.402. The Morgan fingerprint density at radius 1 is 1.00 bits per heavy atom. The fraction of sp³-hybridized carbons (Fsp3) is 0.333. The third-order valence-electron chi connectivity index (χ3n) is 2.38. The standard InChI is InChI=1S/C9H11N3O2.2Al/c13-6-1-2-7(8(14)3-6)9-11-4-10-5-12-9;;/h1-5,9-14H;;. The molecule has 2 atom stereocenters. The number of hydrogen-bond donors (Lipinski definition) is 5. The summed E-state index contributed by atoms with van der Waals surface area (Å²) in [5.41, 5.74) is 0.708. The highest BCUT2D eigenvalue weighted by molar-refractivity contribution is 6.14. The van der Waals surface area contributed by atoms with E-state index in [2.05, 4.69) is 48.5 Å². The van der Waals surface area contributed by atoms with E-state index < -0.39 is 0 Å². The van der Waals surface area contributed by atoms with E-state index in [1.54, 1.807) is 12.1 Å². The van der Waals surface area contributed by atoms with Crippen molar-refractivity contribution in [2.24, 2.45) is 0 Å². The Labute approximate surface area is 110 Å². The van der Waals surface area contributed by atoms with E-state index in [4.69, 9.17) is 0 Å². The van der Waals surface area contributed by atoms with Gasteiger partial charge in [0.15, 0.2) is 32.6 Å². The fourth-order valence-corrected chi connectivity index (χ4v) is 2.67. The minimum absolute atomic E-state index is 0.0556. The molecule has 0 bridgehead atoms. The highest BCUT2D eigenvalue weighted by Crippen LogP contribution is 2.27. The second kappa shape index (κ2) is 4.95. The van der Waals surface area contributed by atoms with Crippen LogP contribution < -0.4 is 16.0 Å². The highest BCUT2D eigenvalue weighted by atomic mass is 27.1. The van der Waals surface area contributed by atoms with Gasteiger partial charge in [0, 0.05) is 11.6 Å². The van der Waals surface area contributed by atoms with Crippen molar-refractivity contribution in [3.05, 3.63) is 23.8 Å². The van der Waals surface area contributed by atoms with Crippen LogP contribution >= 0.6 is 0 Å². The van der Waals surface area contributed by atoms with E-state index in [-0.39, 0.29) is 27.7 Å². The topological polar surface area (TPSA) is 76.5 Å². The van der Waals surface area contributed by atoms with Crippen molar-refractivity contribution >= 4 is 32.6 Å². The molecule has 0 amide bonds. The molecule has 80 valence electrons. The summed E-state index contributed by atoms with van der Waals surface area (Å²) in [4.78, 5) is 0. The second-order valence-electron chi connectivity index (χ2n) is 3.63. The molecule has 2 rings (SSSR count). The number of phenols is 2. The highest BCUT2D eigenvalue weighted by Gasteiger charge is 2.23. The average Bonchev–Trinajstić information content (AvgIpc) is 2.15. The van der Waals surface area contributed by atoms with Gasteiger partial charge in [-0.1, -0.05) is 0 Å². The molecule has 5 nitrogen and oxygen atoms in total. The van der Waals surface area contributed by atoms with Gasteiger partial charge >= 0.3 is 0 Å². The lowest BCUT2D eigenvalue weighted by atomic mass is 10.1. The molecule has 7 heteroatoms. The lowest BCUT2D eigenvalue weighted by molar-refractivity contribution is 0.288. The molecule has 1 aromatic carbocycles. The van der Waals surface area contributed by atoms with Gasteiger partial charge < -0.3 is 15.5 Å². The Morgan fingerprint density at radius 2 is 1.62 bits per heavy atom. The molecule has 1 aromatic rings. The molecule has 5 N–H and O–H groups in total. The van der Waals surface area contributed by atoms with Crippen LogP contribution in [0, 0.1) is 0 Å². The molecule has 1 aliphatic heterocycles. The Bertz CT molecular complexity index is 381. The summed E-state index contributed by atoms with van der Waals surface area (Å²) in [5.74, 6) is 0.126. The number of phenolic OH excluding ortho intramolecular Hbond substituents is 2.